The maximum atomic E-state index is 13.1. The molecule has 132 valence electrons. The van der Waals surface area contributed by atoms with Crippen LogP contribution in [0.15, 0.2) is 48.5 Å². The monoisotopic (exact) mass is 351 g/mol. The van der Waals surface area contributed by atoms with Crippen LogP contribution in [0.2, 0.25) is 0 Å². The van der Waals surface area contributed by atoms with Crippen molar-refractivity contribution in [1.82, 2.24) is 10.9 Å². The molecule has 1 aliphatic rings. The average Bonchev–Trinajstić information content (AvgIpc) is 3.06. The Morgan fingerprint density at radius 1 is 1.12 bits per heavy atom. The largest absolute Gasteiger partial charge is 0.435 e. The number of nitrogens with one attached hydrogen (secondary N) is 3. The van der Waals surface area contributed by atoms with Gasteiger partial charge < -0.3 is 10.1 Å². The Hall–Kier alpha value is -2.58. The lowest BCUT2D eigenvalue weighted by atomic mass is 9.94. The zero-order valence-corrected chi connectivity index (χ0v) is 13.0. The van der Waals surface area contributed by atoms with Gasteiger partial charge in [0.15, 0.2) is 0 Å². The van der Waals surface area contributed by atoms with Gasteiger partial charge in [0.25, 0.3) is 0 Å². The molecule has 2 aromatic rings. The Morgan fingerprint density at radius 2 is 1.80 bits per heavy atom. The summed E-state index contributed by atoms with van der Waals surface area (Å²) in [5.74, 6) is -0.986. The topological polar surface area (TPSA) is 62.4 Å². The van der Waals surface area contributed by atoms with Crippen LogP contribution in [0.5, 0.6) is 5.75 Å². The van der Waals surface area contributed by atoms with Crippen LogP contribution in [0.1, 0.15) is 11.6 Å². The van der Waals surface area contributed by atoms with E-state index in [1.165, 1.54) is 36.4 Å². The van der Waals surface area contributed by atoms with Crippen LogP contribution in [0.4, 0.5) is 18.9 Å². The highest BCUT2D eigenvalue weighted by Crippen LogP contribution is 2.27. The second-order valence-electron chi connectivity index (χ2n) is 5.55. The van der Waals surface area contributed by atoms with E-state index in [-0.39, 0.29) is 23.5 Å². The zero-order chi connectivity index (χ0) is 17.8. The molecule has 8 heteroatoms. The van der Waals surface area contributed by atoms with Crippen LogP contribution in [-0.2, 0) is 4.79 Å². The van der Waals surface area contributed by atoms with Crippen molar-refractivity contribution < 1.29 is 22.7 Å². The molecule has 1 saturated heterocycles. The number of rotatable bonds is 5. The molecule has 0 saturated carbocycles. The quantitative estimate of drug-likeness (QED) is 0.775. The molecule has 1 heterocycles. The molecule has 1 amide bonds. The minimum atomic E-state index is -2.90. The normalized spacial score (nSPS) is 19.8. The Labute approximate surface area is 142 Å². The minimum absolute atomic E-state index is 0.0152. The summed E-state index contributed by atoms with van der Waals surface area (Å²) in [5, 5.41) is 2.74. The molecule has 1 fully saturated rings. The van der Waals surface area contributed by atoms with Gasteiger partial charge in [0.05, 0.1) is 12.0 Å². The summed E-state index contributed by atoms with van der Waals surface area (Å²) in [4.78, 5) is 12.5. The highest BCUT2D eigenvalue weighted by molar-refractivity contribution is 5.93. The van der Waals surface area contributed by atoms with E-state index in [0.717, 1.165) is 5.56 Å². The van der Waals surface area contributed by atoms with E-state index in [1.54, 1.807) is 12.1 Å². The maximum Gasteiger partial charge on any atom is 0.387 e. The van der Waals surface area contributed by atoms with Crippen molar-refractivity contribution in [2.24, 2.45) is 5.92 Å². The highest BCUT2D eigenvalue weighted by Gasteiger charge is 2.34. The molecule has 0 radical (unpaired) electrons. The number of halogens is 3. The SMILES string of the molecule is O=C(Nc1ccc(OC(F)F)cc1)C1CNNC1c1ccc(F)cc1. The first-order valence-electron chi connectivity index (χ1n) is 7.62. The number of alkyl halides is 2. The lowest BCUT2D eigenvalue weighted by Gasteiger charge is -2.18. The number of ether oxygens (including phenoxy) is 1. The summed E-state index contributed by atoms with van der Waals surface area (Å²) in [6, 6.07) is 11.3. The molecule has 0 aliphatic carbocycles. The Balaban J connectivity index is 1.66. The van der Waals surface area contributed by atoms with Crippen molar-refractivity contribution in [3.05, 3.63) is 59.9 Å². The first-order valence-corrected chi connectivity index (χ1v) is 7.62. The number of amides is 1. The molecule has 0 aromatic heterocycles. The summed E-state index contributed by atoms with van der Waals surface area (Å²) >= 11 is 0. The summed E-state index contributed by atoms with van der Waals surface area (Å²) < 4.78 is 41.6. The van der Waals surface area contributed by atoms with Crippen LogP contribution in [0, 0.1) is 11.7 Å². The Bertz CT molecular complexity index is 723. The molecule has 3 N–H and O–H groups in total. The third-order valence-electron chi connectivity index (χ3n) is 3.89. The van der Waals surface area contributed by atoms with Gasteiger partial charge in [0, 0.05) is 12.2 Å². The molecule has 2 unspecified atom stereocenters. The Kier molecular flexibility index (Phi) is 5.20. The molecule has 25 heavy (non-hydrogen) atoms. The van der Waals surface area contributed by atoms with Crippen LogP contribution < -0.4 is 20.9 Å². The van der Waals surface area contributed by atoms with E-state index in [2.05, 4.69) is 20.9 Å². The van der Waals surface area contributed by atoms with Gasteiger partial charge in [-0.2, -0.15) is 8.78 Å². The summed E-state index contributed by atoms with van der Waals surface area (Å²) in [6.45, 7) is -2.49. The fraction of sp³-hybridized carbons (Fsp3) is 0.235. The third-order valence-corrected chi connectivity index (χ3v) is 3.89. The van der Waals surface area contributed by atoms with E-state index in [0.29, 0.717) is 12.2 Å². The van der Waals surface area contributed by atoms with Crippen LogP contribution in [0.3, 0.4) is 0 Å². The van der Waals surface area contributed by atoms with Gasteiger partial charge in [-0.15, -0.1) is 0 Å². The van der Waals surface area contributed by atoms with Crippen LogP contribution >= 0.6 is 0 Å². The first-order chi connectivity index (χ1) is 12.0. The molecule has 2 aromatic carbocycles. The highest BCUT2D eigenvalue weighted by atomic mass is 19.3. The second kappa shape index (κ2) is 7.54. The Morgan fingerprint density at radius 3 is 2.44 bits per heavy atom. The van der Waals surface area contributed by atoms with Crippen LogP contribution in [-0.4, -0.2) is 19.1 Å². The van der Waals surface area contributed by atoms with E-state index in [4.69, 9.17) is 0 Å². The molecule has 3 rings (SSSR count). The van der Waals surface area contributed by atoms with E-state index in [1.807, 2.05) is 0 Å². The number of carbonyl (C=O) groups excluding carboxylic acids is 1. The molecule has 5 nitrogen and oxygen atoms in total. The molecule has 1 aliphatic heterocycles. The van der Waals surface area contributed by atoms with E-state index < -0.39 is 12.5 Å². The smallest absolute Gasteiger partial charge is 0.387 e. The second-order valence-corrected chi connectivity index (χ2v) is 5.55. The van der Waals surface area contributed by atoms with Crippen molar-refractivity contribution in [3.63, 3.8) is 0 Å². The number of hydrazine groups is 1. The average molecular weight is 351 g/mol. The van der Waals surface area contributed by atoms with Crippen molar-refractivity contribution in [1.29, 1.82) is 0 Å². The van der Waals surface area contributed by atoms with Gasteiger partial charge in [-0.1, -0.05) is 12.1 Å². The number of hydrogen-bond donors (Lipinski definition) is 3. The fourth-order valence-electron chi connectivity index (χ4n) is 2.68. The molecule has 0 spiro atoms. The molecular formula is C17H16F3N3O2. The molecule has 0 bridgehead atoms. The van der Waals surface area contributed by atoms with Crippen molar-refractivity contribution in [2.45, 2.75) is 12.7 Å². The van der Waals surface area contributed by atoms with Gasteiger partial charge in [0.2, 0.25) is 5.91 Å². The lowest BCUT2D eigenvalue weighted by Crippen LogP contribution is -2.29. The summed E-state index contributed by atoms with van der Waals surface area (Å²) in [5.41, 5.74) is 7.18. The first kappa shape index (κ1) is 17.2. The van der Waals surface area contributed by atoms with Crippen molar-refractivity contribution >= 4 is 11.6 Å². The fourth-order valence-corrected chi connectivity index (χ4v) is 2.68. The van der Waals surface area contributed by atoms with Gasteiger partial charge in [0.1, 0.15) is 11.6 Å². The van der Waals surface area contributed by atoms with E-state index in [9.17, 15) is 18.0 Å². The van der Waals surface area contributed by atoms with Crippen molar-refractivity contribution in [3.8, 4) is 5.75 Å². The van der Waals surface area contributed by atoms with Gasteiger partial charge in [-0.05, 0) is 42.0 Å². The van der Waals surface area contributed by atoms with Gasteiger partial charge in [-0.3, -0.25) is 10.2 Å². The predicted octanol–water partition coefficient (Wildman–Crippen LogP) is 2.83. The standard InChI is InChI=1S/C17H16F3N3O2/c18-11-3-1-10(2-4-11)15-14(9-21-23-15)16(24)22-12-5-7-13(8-6-12)25-17(19)20/h1-8,14-15,17,21,23H,9H2,(H,22,24). The number of benzene rings is 2. The predicted molar refractivity (Wildman–Crippen MR) is 85.5 cm³/mol. The van der Waals surface area contributed by atoms with Gasteiger partial charge in [-0.25, -0.2) is 9.82 Å². The van der Waals surface area contributed by atoms with E-state index >= 15 is 0 Å². The molecule has 2 atom stereocenters. The number of hydrogen-bond acceptors (Lipinski definition) is 4. The zero-order valence-electron chi connectivity index (χ0n) is 13.0. The minimum Gasteiger partial charge on any atom is -0.435 e. The van der Waals surface area contributed by atoms with Crippen LogP contribution in [0.25, 0.3) is 0 Å². The summed E-state index contributed by atoms with van der Waals surface area (Å²) in [6.07, 6.45) is 0. The van der Waals surface area contributed by atoms with Crippen molar-refractivity contribution in [2.75, 3.05) is 11.9 Å². The maximum absolute atomic E-state index is 13.1. The number of anilines is 1. The third kappa shape index (κ3) is 4.28. The lowest BCUT2D eigenvalue weighted by molar-refractivity contribution is -0.119. The number of carbonyl (C=O) groups is 1. The molecular weight excluding hydrogens is 335 g/mol. The summed E-state index contributed by atoms with van der Waals surface area (Å²) in [7, 11) is 0. The van der Waals surface area contributed by atoms with Gasteiger partial charge >= 0.3 is 6.61 Å².